The van der Waals surface area contributed by atoms with Gasteiger partial charge in [-0.2, -0.15) is 0 Å². The summed E-state index contributed by atoms with van der Waals surface area (Å²) in [7, 11) is 0. The Balaban J connectivity index is 0.000000220. The van der Waals surface area contributed by atoms with Crippen molar-refractivity contribution in [1.29, 1.82) is 0 Å². The number of benzene rings is 4. The lowest BCUT2D eigenvalue weighted by Crippen LogP contribution is -2.03. The van der Waals surface area contributed by atoms with Crippen LogP contribution in [-0.2, 0) is 19.3 Å². The van der Waals surface area contributed by atoms with E-state index in [9.17, 15) is 4.79 Å². The Labute approximate surface area is 261 Å². The van der Waals surface area contributed by atoms with Gasteiger partial charge in [-0.3, -0.25) is 4.79 Å². The van der Waals surface area contributed by atoms with Crippen molar-refractivity contribution < 1.29 is 4.79 Å². The number of hydrogen-bond donors (Lipinski definition) is 0. The summed E-state index contributed by atoms with van der Waals surface area (Å²) in [6, 6.07) is 32.6. The number of halogens is 3. The lowest BCUT2D eigenvalue weighted by Gasteiger charge is -2.04. The molecule has 0 unspecified atom stereocenters. The molecule has 4 heteroatoms. The first-order chi connectivity index (χ1) is 19.4. The summed E-state index contributed by atoms with van der Waals surface area (Å²) < 4.78 is 2.11. The number of ketones is 1. The van der Waals surface area contributed by atoms with Gasteiger partial charge in [-0.05, 0) is 83.8 Å². The highest BCUT2D eigenvalue weighted by Crippen LogP contribution is 2.24. The fourth-order valence-corrected chi connectivity index (χ4v) is 4.91. The van der Waals surface area contributed by atoms with Crippen molar-refractivity contribution >= 4 is 60.4 Å². The van der Waals surface area contributed by atoms with Gasteiger partial charge in [0.1, 0.15) is 0 Å². The van der Waals surface area contributed by atoms with Crippen LogP contribution in [0.5, 0.6) is 0 Å². The van der Waals surface area contributed by atoms with E-state index in [1.165, 1.54) is 36.8 Å². The maximum atomic E-state index is 12.2. The van der Waals surface area contributed by atoms with Crippen molar-refractivity contribution in [1.82, 2.24) is 0 Å². The maximum absolute atomic E-state index is 12.2. The molecular weight excluding hydrogens is 644 g/mol. The fraction of sp³-hybridized carbons (Fsp3) is 0.250. The zero-order valence-electron chi connectivity index (χ0n) is 23.3. The highest BCUT2D eigenvalue weighted by Gasteiger charge is 2.07. The molecule has 1 nitrogen and oxygen atoms in total. The SMILES string of the molecule is CCCCc1ccc(/C(Cl)=C/c2ccc(Br)cc2)cc1.CCCCc1ccc(C(=O)Cc2ccc(Br)cc2)cc1. The van der Waals surface area contributed by atoms with Crippen LogP contribution in [0.4, 0.5) is 0 Å². The number of rotatable bonds is 11. The average molecular weight is 681 g/mol. The second-order valence-electron chi connectivity index (χ2n) is 9.87. The van der Waals surface area contributed by atoms with Crippen molar-refractivity contribution in [2.24, 2.45) is 0 Å². The molecule has 0 aliphatic carbocycles. The summed E-state index contributed by atoms with van der Waals surface area (Å²) in [4.78, 5) is 12.2. The Morgan fingerprint density at radius 2 is 1.05 bits per heavy atom. The van der Waals surface area contributed by atoms with Gasteiger partial charge in [-0.25, -0.2) is 0 Å². The molecule has 4 aromatic carbocycles. The van der Waals surface area contributed by atoms with Crippen molar-refractivity contribution in [2.45, 2.75) is 58.8 Å². The van der Waals surface area contributed by atoms with Gasteiger partial charge < -0.3 is 0 Å². The third kappa shape index (κ3) is 11.2. The lowest BCUT2D eigenvalue weighted by atomic mass is 10.0. The second kappa shape index (κ2) is 17.4. The zero-order valence-corrected chi connectivity index (χ0v) is 27.2. The third-order valence-electron chi connectivity index (χ3n) is 6.58. The molecule has 0 fully saturated rings. The normalized spacial score (nSPS) is 11.1. The molecule has 4 rings (SSSR count). The summed E-state index contributed by atoms with van der Waals surface area (Å²) in [6.07, 6.45) is 9.56. The van der Waals surface area contributed by atoms with E-state index in [1.54, 1.807) is 0 Å². The van der Waals surface area contributed by atoms with E-state index >= 15 is 0 Å². The van der Waals surface area contributed by atoms with Crippen molar-refractivity contribution in [3.63, 3.8) is 0 Å². The highest BCUT2D eigenvalue weighted by molar-refractivity contribution is 9.10. The molecule has 0 N–H and O–H groups in total. The summed E-state index contributed by atoms with van der Waals surface area (Å²) in [5.74, 6) is 0.175. The van der Waals surface area contributed by atoms with Gasteiger partial charge in [0.2, 0.25) is 0 Å². The third-order valence-corrected chi connectivity index (χ3v) is 7.97. The monoisotopic (exact) mass is 678 g/mol. The number of hydrogen-bond acceptors (Lipinski definition) is 1. The standard InChI is InChI=1S/C18H18BrCl.C18H19BrO/c2*1-2-3-4-14-5-9-16(10-6-14)18(20)13-15-7-11-17(19)12-8-15/h5-13H,2-4H2,1H3;5-12H,2-4,13H2,1H3/b18-13-;. The first kappa shape index (κ1) is 32.1. The summed E-state index contributed by atoms with van der Waals surface area (Å²) in [6.45, 7) is 4.41. The molecule has 0 spiro atoms. The van der Waals surface area contributed by atoms with Crippen LogP contribution < -0.4 is 0 Å². The van der Waals surface area contributed by atoms with Crippen LogP contribution in [-0.4, -0.2) is 5.78 Å². The number of carbonyl (C=O) groups excluding carboxylic acids is 1. The molecule has 0 atom stereocenters. The number of aryl methyl sites for hydroxylation is 2. The molecule has 0 aromatic heterocycles. The Morgan fingerprint density at radius 1 is 0.625 bits per heavy atom. The predicted molar refractivity (Wildman–Crippen MR) is 180 cm³/mol. The van der Waals surface area contributed by atoms with Gasteiger partial charge >= 0.3 is 0 Å². The summed E-state index contributed by atoms with van der Waals surface area (Å²) in [5.41, 5.74) is 6.71. The molecule has 0 radical (unpaired) electrons. The van der Waals surface area contributed by atoms with E-state index in [0.29, 0.717) is 6.42 Å². The van der Waals surface area contributed by atoms with Crippen LogP contribution in [0.3, 0.4) is 0 Å². The topological polar surface area (TPSA) is 17.1 Å². The van der Waals surface area contributed by atoms with E-state index in [0.717, 1.165) is 49.1 Å². The first-order valence-electron chi connectivity index (χ1n) is 14.0. The maximum Gasteiger partial charge on any atom is 0.167 e. The van der Waals surface area contributed by atoms with E-state index in [-0.39, 0.29) is 5.78 Å². The van der Waals surface area contributed by atoms with Crippen LogP contribution in [0, 0.1) is 0 Å². The molecule has 208 valence electrons. The smallest absolute Gasteiger partial charge is 0.167 e. The Kier molecular flexibility index (Phi) is 13.9. The minimum Gasteiger partial charge on any atom is -0.294 e. The molecular formula is C36H37Br2ClO. The van der Waals surface area contributed by atoms with Gasteiger partial charge in [0.25, 0.3) is 0 Å². The molecule has 0 heterocycles. The number of Topliss-reactive ketones (excluding diaryl/α,β-unsaturated/α-hetero) is 1. The molecule has 0 saturated carbocycles. The zero-order chi connectivity index (χ0) is 28.7. The Bertz CT molecular complexity index is 1340. The van der Waals surface area contributed by atoms with Crippen molar-refractivity contribution in [3.05, 3.63) is 139 Å². The van der Waals surface area contributed by atoms with Gasteiger partial charge in [0.15, 0.2) is 5.78 Å². The largest absolute Gasteiger partial charge is 0.294 e. The molecule has 40 heavy (non-hydrogen) atoms. The molecule has 0 amide bonds. The van der Waals surface area contributed by atoms with Crippen molar-refractivity contribution in [3.8, 4) is 0 Å². The molecule has 0 aliphatic rings. The molecule has 0 aliphatic heterocycles. The van der Waals surface area contributed by atoms with Gasteiger partial charge in [0, 0.05) is 26.0 Å². The predicted octanol–water partition coefficient (Wildman–Crippen LogP) is 11.7. The number of unbranched alkanes of at least 4 members (excludes halogenated alkanes) is 2. The van der Waals surface area contributed by atoms with Gasteiger partial charge in [-0.1, -0.05) is 143 Å². The quantitative estimate of drug-likeness (QED) is 0.114. The fourth-order valence-electron chi connectivity index (χ4n) is 4.13. The van der Waals surface area contributed by atoms with Crippen LogP contribution in [0.2, 0.25) is 0 Å². The van der Waals surface area contributed by atoms with E-state index in [2.05, 4.69) is 82.1 Å². The summed E-state index contributed by atoms with van der Waals surface area (Å²) >= 11 is 13.2. The van der Waals surface area contributed by atoms with Crippen LogP contribution in [0.1, 0.15) is 77.7 Å². The summed E-state index contributed by atoms with van der Waals surface area (Å²) in [5, 5.41) is 0.773. The molecule has 0 saturated heterocycles. The van der Waals surface area contributed by atoms with E-state index < -0.39 is 0 Å². The van der Waals surface area contributed by atoms with E-state index in [1.807, 2.05) is 66.7 Å². The average Bonchev–Trinajstić information content (AvgIpc) is 2.98. The molecule has 4 aromatic rings. The highest BCUT2D eigenvalue weighted by atomic mass is 79.9. The minimum atomic E-state index is 0.175. The van der Waals surface area contributed by atoms with Crippen LogP contribution in [0.25, 0.3) is 11.1 Å². The van der Waals surface area contributed by atoms with Crippen LogP contribution >= 0.6 is 43.5 Å². The van der Waals surface area contributed by atoms with Gasteiger partial charge in [-0.15, -0.1) is 0 Å². The molecule has 0 bridgehead atoms. The minimum absolute atomic E-state index is 0.175. The number of carbonyl (C=O) groups is 1. The first-order valence-corrected chi connectivity index (χ1v) is 15.9. The lowest BCUT2D eigenvalue weighted by molar-refractivity contribution is 0.0993. The van der Waals surface area contributed by atoms with Crippen LogP contribution in [0.15, 0.2) is 106 Å². The Morgan fingerprint density at radius 3 is 1.52 bits per heavy atom. The Hall–Kier alpha value is -2.46. The second-order valence-corrected chi connectivity index (χ2v) is 12.1. The van der Waals surface area contributed by atoms with Crippen molar-refractivity contribution in [2.75, 3.05) is 0 Å². The van der Waals surface area contributed by atoms with E-state index in [4.69, 9.17) is 11.6 Å². The van der Waals surface area contributed by atoms with Gasteiger partial charge in [0.05, 0.1) is 0 Å².